The highest BCUT2D eigenvalue weighted by atomic mass is 19.4. The highest BCUT2D eigenvalue weighted by molar-refractivity contribution is 6.05. The van der Waals surface area contributed by atoms with Crippen LogP contribution in [0.5, 0.6) is 5.88 Å². The van der Waals surface area contributed by atoms with Gasteiger partial charge in [0.1, 0.15) is 0 Å². The highest BCUT2D eigenvalue weighted by Crippen LogP contribution is 2.32. The van der Waals surface area contributed by atoms with Crippen molar-refractivity contribution in [3.8, 4) is 5.88 Å². The highest BCUT2D eigenvalue weighted by Gasteiger charge is 2.32. The number of hydrogen-bond donors (Lipinski definition) is 0. The first kappa shape index (κ1) is 17.7. The number of nitrogens with zero attached hydrogens (tertiary/aromatic N) is 3. The third-order valence-electron chi connectivity index (χ3n) is 3.26. The van der Waals surface area contributed by atoms with Crippen LogP contribution in [0.4, 0.5) is 18.9 Å². The number of carbonyl (C=O) groups is 1. The minimum absolute atomic E-state index is 0.0157. The van der Waals surface area contributed by atoms with Gasteiger partial charge in [-0.2, -0.15) is 13.2 Å². The summed E-state index contributed by atoms with van der Waals surface area (Å²) in [6, 6.07) is 7.12. The zero-order valence-electron chi connectivity index (χ0n) is 13.3. The SMILES string of the molecule is COc1ccc(C(=O)N(c2cccc(C(F)(F)F)c2)C(C)C)nn1. The fraction of sp³-hybridized carbons (Fsp3) is 0.312. The number of anilines is 1. The van der Waals surface area contributed by atoms with E-state index in [0.717, 1.165) is 12.1 Å². The zero-order chi connectivity index (χ0) is 17.9. The van der Waals surface area contributed by atoms with Crippen molar-refractivity contribution >= 4 is 11.6 Å². The van der Waals surface area contributed by atoms with Gasteiger partial charge in [0.25, 0.3) is 5.91 Å². The number of alkyl halides is 3. The molecule has 0 radical (unpaired) electrons. The molecule has 0 fully saturated rings. The Labute approximate surface area is 137 Å². The molecule has 1 aromatic heterocycles. The maximum atomic E-state index is 12.9. The fourth-order valence-corrected chi connectivity index (χ4v) is 2.15. The lowest BCUT2D eigenvalue weighted by Crippen LogP contribution is -2.37. The van der Waals surface area contributed by atoms with Gasteiger partial charge in [0.2, 0.25) is 5.88 Å². The molecular formula is C16H16F3N3O2. The van der Waals surface area contributed by atoms with Crippen LogP contribution < -0.4 is 9.64 Å². The van der Waals surface area contributed by atoms with E-state index in [1.165, 1.54) is 36.3 Å². The predicted molar refractivity (Wildman–Crippen MR) is 82.0 cm³/mol. The normalized spacial score (nSPS) is 11.5. The fourth-order valence-electron chi connectivity index (χ4n) is 2.15. The summed E-state index contributed by atoms with van der Waals surface area (Å²) in [6.45, 7) is 3.41. The average Bonchev–Trinajstić information content (AvgIpc) is 2.54. The van der Waals surface area contributed by atoms with Gasteiger partial charge in [0.15, 0.2) is 5.69 Å². The Kier molecular flexibility index (Phi) is 5.06. The van der Waals surface area contributed by atoms with Gasteiger partial charge in [-0.3, -0.25) is 4.79 Å². The van der Waals surface area contributed by atoms with Gasteiger partial charge in [0.05, 0.1) is 12.7 Å². The van der Waals surface area contributed by atoms with Crippen LogP contribution in [0.3, 0.4) is 0 Å². The van der Waals surface area contributed by atoms with E-state index in [1.807, 2.05) is 0 Å². The minimum Gasteiger partial charge on any atom is -0.480 e. The predicted octanol–water partition coefficient (Wildman–Crippen LogP) is 3.56. The molecule has 24 heavy (non-hydrogen) atoms. The maximum Gasteiger partial charge on any atom is 0.416 e. The van der Waals surface area contributed by atoms with Crippen molar-refractivity contribution < 1.29 is 22.7 Å². The van der Waals surface area contributed by atoms with Gasteiger partial charge in [-0.1, -0.05) is 6.07 Å². The number of hydrogen-bond acceptors (Lipinski definition) is 4. The Balaban J connectivity index is 2.40. The van der Waals surface area contributed by atoms with Gasteiger partial charge in [-0.15, -0.1) is 10.2 Å². The molecule has 0 aliphatic rings. The van der Waals surface area contributed by atoms with E-state index in [1.54, 1.807) is 13.8 Å². The molecule has 1 heterocycles. The van der Waals surface area contributed by atoms with Crippen molar-refractivity contribution in [2.75, 3.05) is 12.0 Å². The smallest absolute Gasteiger partial charge is 0.416 e. The largest absolute Gasteiger partial charge is 0.480 e. The summed E-state index contributed by atoms with van der Waals surface area (Å²) in [4.78, 5) is 13.9. The third-order valence-corrected chi connectivity index (χ3v) is 3.26. The average molecular weight is 339 g/mol. The van der Waals surface area contributed by atoms with Crippen molar-refractivity contribution in [1.29, 1.82) is 0 Å². The Hall–Kier alpha value is -2.64. The van der Waals surface area contributed by atoms with Gasteiger partial charge < -0.3 is 9.64 Å². The Morgan fingerprint density at radius 2 is 1.88 bits per heavy atom. The topological polar surface area (TPSA) is 55.3 Å². The molecule has 128 valence electrons. The number of aromatic nitrogens is 2. The van der Waals surface area contributed by atoms with Crippen LogP contribution in [-0.2, 0) is 6.18 Å². The van der Waals surface area contributed by atoms with Crippen LogP contribution in [-0.4, -0.2) is 29.3 Å². The van der Waals surface area contributed by atoms with Crippen LogP contribution in [0.1, 0.15) is 29.9 Å². The van der Waals surface area contributed by atoms with E-state index in [9.17, 15) is 18.0 Å². The second-order valence-electron chi connectivity index (χ2n) is 5.28. The van der Waals surface area contributed by atoms with Crippen molar-refractivity contribution in [2.24, 2.45) is 0 Å². The molecule has 5 nitrogen and oxygen atoms in total. The molecule has 0 atom stereocenters. The third kappa shape index (κ3) is 3.81. The van der Waals surface area contributed by atoms with Crippen molar-refractivity contribution in [2.45, 2.75) is 26.1 Å². The van der Waals surface area contributed by atoms with E-state index in [2.05, 4.69) is 10.2 Å². The molecule has 0 saturated carbocycles. The van der Waals surface area contributed by atoms with E-state index < -0.39 is 17.6 Å². The second kappa shape index (κ2) is 6.86. The molecule has 0 N–H and O–H groups in total. The molecule has 0 spiro atoms. The zero-order valence-corrected chi connectivity index (χ0v) is 13.3. The summed E-state index contributed by atoms with van der Waals surface area (Å²) < 4.78 is 43.6. The summed E-state index contributed by atoms with van der Waals surface area (Å²) in [7, 11) is 1.41. The molecule has 0 aliphatic heterocycles. The molecule has 0 unspecified atom stereocenters. The van der Waals surface area contributed by atoms with Crippen molar-refractivity contribution in [3.63, 3.8) is 0 Å². The van der Waals surface area contributed by atoms with Gasteiger partial charge in [-0.05, 0) is 38.1 Å². The van der Waals surface area contributed by atoms with Crippen LogP contribution in [0.25, 0.3) is 0 Å². The number of carbonyl (C=O) groups excluding carboxylic acids is 1. The summed E-state index contributed by atoms with van der Waals surface area (Å²) in [5.41, 5.74) is -0.663. The molecule has 2 aromatic rings. The maximum absolute atomic E-state index is 12.9. The summed E-state index contributed by atoms with van der Waals surface area (Å²) in [5.74, 6) is -0.304. The summed E-state index contributed by atoms with van der Waals surface area (Å²) in [5, 5.41) is 7.47. The molecule has 0 aliphatic carbocycles. The van der Waals surface area contributed by atoms with Crippen molar-refractivity contribution in [3.05, 3.63) is 47.7 Å². The first-order chi connectivity index (χ1) is 11.2. The van der Waals surface area contributed by atoms with E-state index in [4.69, 9.17) is 4.74 Å². The monoisotopic (exact) mass is 339 g/mol. The molecule has 0 bridgehead atoms. The molecule has 0 saturated heterocycles. The number of ether oxygens (including phenoxy) is 1. The van der Waals surface area contributed by atoms with Crippen LogP contribution in [0.15, 0.2) is 36.4 Å². The van der Waals surface area contributed by atoms with Gasteiger partial charge in [0, 0.05) is 17.8 Å². The Morgan fingerprint density at radius 1 is 1.17 bits per heavy atom. The first-order valence-corrected chi connectivity index (χ1v) is 7.12. The summed E-state index contributed by atoms with van der Waals surface area (Å²) in [6.07, 6.45) is -4.48. The Morgan fingerprint density at radius 3 is 2.38 bits per heavy atom. The lowest BCUT2D eigenvalue weighted by molar-refractivity contribution is -0.137. The second-order valence-corrected chi connectivity index (χ2v) is 5.28. The summed E-state index contributed by atoms with van der Waals surface area (Å²) >= 11 is 0. The van der Waals surface area contributed by atoms with E-state index >= 15 is 0 Å². The lowest BCUT2D eigenvalue weighted by Gasteiger charge is -2.27. The van der Waals surface area contributed by atoms with Gasteiger partial charge >= 0.3 is 6.18 Å². The van der Waals surface area contributed by atoms with Gasteiger partial charge in [-0.25, -0.2) is 0 Å². The quantitative estimate of drug-likeness (QED) is 0.855. The van der Waals surface area contributed by atoms with Crippen LogP contribution >= 0.6 is 0 Å². The van der Waals surface area contributed by atoms with Crippen molar-refractivity contribution in [1.82, 2.24) is 10.2 Å². The lowest BCUT2D eigenvalue weighted by atomic mass is 10.1. The molecule has 1 aromatic carbocycles. The number of halogens is 3. The first-order valence-electron chi connectivity index (χ1n) is 7.12. The standard InChI is InChI=1S/C16H16F3N3O2/c1-10(2)22(12-6-4-5-11(9-12)16(17,18)19)15(23)13-7-8-14(24-3)21-20-13/h4-10H,1-3H3. The van der Waals surface area contributed by atoms with E-state index in [0.29, 0.717) is 0 Å². The number of amides is 1. The van der Waals surface area contributed by atoms with Crippen LogP contribution in [0, 0.1) is 0 Å². The number of benzene rings is 1. The molecule has 8 heteroatoms. The molecular weight excluding hydrogens is 323 g/mol. The molecule has 2 rings (SSSR count). The van der Waals surface area contributed by atoms with E-state index in [-0.39, 0.29) is 23.3 Å². The van der Waals surface area contributed by atoms with Crippen LogP contribution in [0.2, 0.25) is 0 Å². The Bertz CT molecular complexity index is 715. The molecule has 1 amide bonds. The minimum atomic E-state index is -4.48. The number of methoxy groups -OCH3 is 1. The number of rotatable bonds is 4.